The molecule has 0 atom stereocenters. The van der Waals surface area contributed by atoms with Crippen molar-refractivity contribution in [3.05, 3.63) is 24.3 Å². The highest BCUT2D eigenvalue weighted by atomic mass is 32.2. The number of carbonyl (C=O) groups is 2. The van der Waals surface area contributed by atoms with Crippen LogP contribution in [0.2, 0.25) is 0 Å². The summed E-state index contributed by atoms with van der Waals surface area (Å²) in [5.41, 5.74) is 0.644. The zero-order chi connectivity index (χ0) is 18.4. The van der Waals surface area contributed by atoms with Gasteiger partial charge in [0.15, 0.2) is 4.34 Å². The smallest absolute Gasteiger partial charge is 0.234 e. The number of thioether (sulfide) groups is 1. The van der Waals surface area contributed by atoms with Gasteiger partial charge < -0.3 is 15.4 Å². The number of nitrogens with one attached hydrogen (secondary N) is 2. The first-order chi connectivity index (χ1) is 12.7. The predicted octanol–water partition coefficient (Wildman–Crippen LogP) is 3.41. The molecule has 2 N–H and O–H groups in total. The molecular formula is C17H20N4O3S2. The van der Waals surface area contributed by atoms with Gasteiger partial charge in [-0.1, -0.05) is 41.7 Å². The van der Waals surface area contributed by atoms with E-state index in [0.29, 0.717) is 27.5 Å². The van der Waals surface area contributed by atoms with Crippen LogP contribution in [0.3, 0.4) is 0 Å². The lowest BCUT2D eigenvalue weighted by Gasteiger charge is -2.23. The maximum Gasteiger partial charge on any atom is 0.234 e. The molecule has 1 aliphatic rings. The Balaban J connectivity index is 1.48. The van der Waals surface area contributed by atoms with Crippen LogP contribution < -0.4 is 15.4 Å². The fourth-order valence-electron chi connectivity index (χ4n) is 2.36. The fourth-order valence-corrected chi connectivity index (χ4v) is 3.92. The third-order valence-electron chi connectivity index (χ3n) is 3.90. The molecule has 1 fully saturated rings. The molecule has 9 heteroatoms. The van der Waals surface area contributed by atoms with Crippen LogP contribution in [0.25, 0.3) is 0 Å². The van der Waals surface area contributed by atoms with E-state index >= 15 is 0 Å². The van der Waals surface area contributed by atoms with Crippen molar-refractivity contribution < 1.29 is 14.3 Å². The van der Waals surface area contributed by atoms with Crippen LogP contribution in [0.4, 0.5) is 10.8 Å². The highest BCUT2D eigenvalue weighted by Crippen LogP contribution is 2.30. The molecule has 0 aliphatic heterocycles. The number of hydrogen-bond acceptors (Lipinski definition) is 7. The van der Waals surface area contributed by atoms with Gasteiger partial charge in [0.25, 0.3) is 0 Å². The Labute approximate surface area is 159 Å². The molecule has 1 aliphatic carbocycles. The molecule has 1 saturated carbocycles. The van der Waals surface area contributed by atoms with Crippen LogP contribution in [0.15, 0.2) is 28.6 Å². The van der Waals surface area contributed by atoms with E-state index in [-0.39, 0.29) is 23.5 Å². The number of carbonyl (C=O) groups excluding carboxylic acids is 2. The van der Waals surface area contributed by atoms with Crippen LogP contribution in [0.5, 0.6) is 5.75 Å². The van der Waals surface area contributed by atoms with Gasteiger partial charge in [0, 0.05) is 5.92 Å². The van der Waals surface area contributed by atoms with Gasteiger partial charge in [-0.2, -0.15) is 0 Å². The van der Waals surface area contributed by atoms with Crippen LogP contribution in [0.1, 0.15) is 26.2 Å². The van der Waals surface area contributed by atoms with Crippen molar-refractivity contribution >= 4 is 45.7 Å². The molecule has 138 valence electrons. The number of ether oxygens (including phenoxy) is 1. The van der Waals surface area contributed by atoms with E-state index in [4.69, 9.17) is 4.74 Å². The third-order valence-corrected chi connectivity index (χ3v) is 5.87. The van der Waals surface area contributed by atoms with E-state index in [9.17, 15) is 9.59 Å². The number of benzene rings is 1. The first kappa shape index (κ1) is 18.7. The number of anilines is 2. The summed E-state index contributed by atoms with van der Waals surface area (Å²) in [5.74, 6) is 0.800. The number of hydrogen-bond donors (Lipinski definition) is 2. The summed E-state index contributed by atoms with van der Waals surface area (Å²) < 4.78 is 6.13. The van der Waals surface area contributed by atoms with E-state index in [1.54, 1.807) is 6.07 Å². The van der Waals surface area contributed by atoms with E-state index in [1.165, 1.54) is 23.1 Å². The lowest BCUT2D eigenvalue weighted by molar-refractivity contribution is -0.122. The lowest BCUT2D eigenvalue weighted by atomic mass is 9.85. The molecule has 0 spiro atoms. The van der Waals surface area contributed by atoms with Gasteiger partial charge in [-0.3, -0.25) is 9.59 Å². The number of nitrogens with zero attached hydrogens (tertiary/aromatic N) is 2. The predicted molar refractivity (Wildman–Crippen MR) is 103 cm³/mol. The Morgan fingerprint density at radius 1 is 1.27 bits per heavy atom. The highest BCUT2D eigenvalue weighted by Gasteiger charge is 2.26. The Bertz CT molecular complexity index is 777. The first-order valence-corrected chi connectivity index (χ1v) is 10.2. The summed E-state index contributed by atoms with van der Waals surface area (Å²) in [6.45, 7) is 2.42. The minimum absolute atomic E-state index is 0.00854. The highest BCUT2D eigenvalue weighted by molar-refractivity contribution is 8.01. The number of amides is 2. The quantitative estimate of drug-likeness (QED) is 0.528. The summed E-state index contributed by atoms with van der Waals surface area (Å²) in [6, 6.07) is 7.31. The number of rotatable bonds is 8. The Morgan fingerprint density at radius 3 is 2.81 bits per heavy atom. The zero-order valence-electron chi connectivity index (χ0n) is 14.4. The van der Waals surface area contributed by atoms with E-state index in [0.717, 1.165) is 19.3 Å². The fraction of sp³-hybridized carbons (Fsp3) is 0.412. The molecule has 26 heavy (non-hydrogen) atoms. The van der Waals surface area contributed by atoms with Crippen molar-refractivity contribution in [3.8, 4) is 5.75 Å². The van der Waals surface area contributed by atoms with E-state index < -0.39 is 0 Å². The summed E-state index contributed by atoms with van der Waals surface area (Å²) in [6.07, 6.45) is 2.99. The molecular weight excluding hydrogens is 372 g/mol. The van der Waals surface area contributed by atoms with E-state index in [1.807, 2.05) is 25.1 Å². The average molecular weight is 393 g/mol. The molecule has 1 heterocycles. The molecule has 2 aromatic rings. The van der Waals surface area contributed by atoms with E-state index in [2.05, 4.69) is 20.8 Å². The van der Waals surface area contributed by atoms with Gasteiger partial charge in [-0.25, -0.2) is 0 Å². The molecule has 7 nitrogen and oxygen atoms in total. The topological polar surface area (TPSA) is 93.2 Å². The molecule has 0 bridgehead atoms. The molecule has 1 aromatic carbocycles. The SMILES string of the molecule is CCOc1ccccc1NC(=O)CSc1nnc(NC(=O)C2CCC2)s1. The molecule has 0 saturated heterocycles. The summed E-state index contributed by atoms with van der Waals surface area (Å²) in [5, 5.41) is 14.1. The van der Waals surface area contributed by atoms with Crippen molar-refractivity contribution in [3.63, 3.8) is 0 Å². The zero-order valence-corrected chi connectivity index (χ0v) is 16.0. The Hall–Kier alpha value is -2.13. The second-order valence-corrected chi connectivity index (χ2v) is 7.96. The normalized spacial score (nSPS) is 13.7. The second-order valence-electron chi connectivity index (χ2n) is 5.76. The van der Waals surface area contributed by atoms with Crippen LogP contribution in [-0.2, 0) is 9.59 Å². The van der Waals surface area contributed by atoms with Crippen molar-refractivity contribution in [1.82, 2.24) is 10.2 Å². The van der Waals surface area contributed by atoms with Gasteiger partial charge >= 0.3 is 0 Å². The van der Waals surface area contributed by atoms with Gasteiger partial charge in [-0.05, 0) is 31.9 Å². The van der Waals surface area contributed by atoms with Crippen LogP contribution in [-0.4, -0.2) is 34.4 Å². The van der Waals surface area contributed by atoms with Crippen molar-refractivity contribution in [2.45, 2.75) is 30.5 Å². The monoisotopic (exact) mass is 392 g/mol. The number of para-hydroxylation sites is 2. The summed E-state index contributed by atoms with van der Waals surface area (Å²) >= 11 is 2.56. The standard InChI is InChI=1S/C17H20N4O3S2/c1-2-24-13-9-4-3-8-12(13)18-14(22)10-25-17-21-20-16(26-17)19-15(23)11-6-5-7-11/h3-4,8-9,11H,2,5-7,10H2,1H3,(H,18,22)(H,19,20,23). The maximum absolute atomic E-state index is 12.2. The largest absolute Gasteiger partial charge is 0.492 e. The molecule has 2 amide bonds. The van der Waals surface area contributed by atoms with Crippen molar-refractivity contribution in [2.24, 2.45) is 5.92 Å². The molecule has 3 rings (SSSR count). The number of aromatic nitrogens is 2. The van der Waals surface area contributed by atoms with Gasteiger partial charge in [0.2, 0.25) is 16.9 Å². The van der Waals surface area contributed by atoms with Gasteiger partial charge in [0.1, 0.15) is 5.75 Å². The van der Waals surface area contributed by atoms with Crippen LogP contribution in [0, 0.1) is 5.92 Å². The Morgan fingerprint density at radius 2 is 2.08 bits per heavy atom. The van der Waals surface area contributed by atoms with Crippen LogP contribution >= 0.6 is 23.1 Å². The molecule has 0 radical (unpaired) electrons. The minimum Gasteiger partial charge on any atom is -0.492 e. The third kappa shape index (κ3) is 4.95. The van der Waals surface area contributed by atoms with Crippen molar-refractivity contribution in [1.29, 1.82) is 0 Å². The van der Waals surface area contributed by atoms with Gasteiger partial charge in [-0.15, -0.1) is 10.2 Å². The van der Waals surface area contributed by atoms with Crippen molar-refractivity contribution in [2.75, 3.05) is 23.0 Å². The maximum atomic E-state index is 12.2. The molecule has 0 unspecified atom stereocenters. The second kappa shape index (κ2) is 9.00. The average Bonchev–Trinajstić information content (AvgIpc) is 3.01. The summed E-state index contributed by atoms with van der Waals surface area (Å²) in [7, 11) is 0. The lowest BCUT2D eigenvalue weighted by Crippen LogP contribution is -2.27. The minimum atomic E-state index is -0.155. The molecule has 1 aromatic heterocycles. The Kier molecular flexibility index (Phi) is 6.45. The first-order valence-electron chi connectivity index (χ1n) is 8.44. The summed E-state index contributed by atoms with van der Waals surface area (Å²) in [4.78, 5) is 24.1. The van der Waals surface area contributed by atoms with Gasteiger partial charge in [0.05, 0.1) is 18.0 Å².